The monoisotopic (exact) mass is 601 g/mol. The smallest absolute Gasteiger partial charge is 0.408 e. The zero-order valence-corrected chi connectivity index (χ0v) is 24.1. The maximum Gasteiger partial charge on any atom is 0.408 e. The van der Waals surface area contributed by atoms with E-state index >= 15 is 0 Å². The summed E-state index contributed by atoms with van der Waals surface area (Å²) in [6, 6.07) is 14.5. The average Bonchev–Trinajstić information content (AvgIpc) is 3.00. The third-order valence-corrected chi connectivity index (χ3v) is 6.82. The quantitative estimate of drug-likeness (QED) is 0.174. The zero-order chi connectivity index (χ0) is 30.9. The van der Waals surface area contributed by atoms with Crippen LogP contribution in [0.2, 0.25) is 0 Å². The number of carbonyl (C=O) groups excluding carboxylic acids is 6. The summed E-state index contributed by atoms with van der Waals surface area (Å²) < 4.78 is 9.65. The van der Waals surface area contributed by atoms with Crippen molar-refractivity contribution in [3.63, 3.8) is 0 Å². The number of nitrogens with two attached hydrogens (primary N) is 1. The van der Waals surface area contributed by atoms with Gasteiger partial charge in [-0.1, -0.05) is 72.4 Å². The molecule has 2 aromatic carbocycles. The fourth-order valence-electron chi connectivity index (χ4n) is 3.41. The van der Waals surface area contributed by atoms with Gasteiger partial charge in [0.05, 0.1) is 19.7 Å². The molecule has 0 spiro atoms. The molecule has 3 atom stereocenters. The largest absolute Gasteiger partial charge is 0.468 e. The third-order valence-electron chi connectivity index (χ3n) is 5.68. The van der Waals surface area contributed by atoms with Crippen LogP contribution in [0.15, 0.2) is 60.7 Å². The molecule has 42 heavy (non-hydrogen) atoms. The summed E-state index contributed by atoms with van der Waals surface area (Å²) >= 11 is 0.685. The summed E-state index contributed by atoms with van der Waals surface area (Å²) in [4.78, 5) is 74.5. The minimum Gasteiger partial charge on any atom is -0.468 e. The molecule has 6 N–H and O–H groups in total. The first-order valence-corrected chi connectivity index (χ1v) is 13.9. The van der Waals surface area contributed by atoms with Crippen molar-refractivity contribution in [1.29, 1.82) is 0 Å². The Hall–Kier alpha value is -4.43. The Balaban J connectivity index is 2.05. The topological polar surface area (TPSA) is 195 Å². The normalized spacial score (nSPS) is 12.5. The predicted octanol–water partition coefficient (Wildman–Crippen LogP) is 0.0213. The van der Waals surface area contributed by atoms with Crippen LogP contribution < -0.4 is 27.0 Å². The van der Waals surface area contributed by atoms with Crippen molar-refractivity contribution in [3.8, 4) is 0 Å². The molecule has 0 saturated heterocycles. The van der Waals surface area contributed by atoms with Crippen LogP contribution in [0.25, 0.3) is 0 Å². The Morgan fingerprint density at radius 3 is 2.05 bits per heavy atom. The van der Waals surface area contributed by atoms with Crippen molar-refractivity contribution in [3.05, 3.63) is 71.8 Å². The van der Waals surface area contributed by atoms with Crippen molar-refractivity contribution in [2.75, 3.05) is 26.0 Å². The highest BCUT2D eigenvalue weighted by atomic mass is 32.2. The van der Waals surface area contributed by atoms with Gasteiger partial charge in [-0.3, -0.25) is 24.0 Å². The van der Waals surface area contributed by atoms with E-state index in [-0.39, 0.29) is 25.3 Å². The Kier molecular flexibility index (Phi) is 14.5. The lowest BCUT2D eigenvalue weighted by atomic mass is 10.0. The molecule has 226 valence electrons. The Bertz CT molecular complexity index is 1220. The van der Waals surface area contributed by atoms with Gasteiger partial charge in [-0.05, 0) is 18.1 Å². The molecule has 0 aliphatic carbocycles. The molecule has 2 rings (SSSR count). The van der Waals surface area contributed by atoms with E-state index in [0.29, 0.717) is 11.8 Å². The summed E-state index contributed by atoms with van der Waals surface area (Å²) in [5, 5.41) is 9.33. The summed E-state index contributed by atoms with van der Waals surface area (Å²) in [7, 11) is 1.15. The fraction of sp³-hybridized carbons (Fsp3) is 0.357. The first kappa shape index (κ1) is 33.8. The molecule has 0 unspecified atom stereocenters. The van der Waals surface area contributed by atoms with Crippen molar-refractivity contribution < 1.29 is 38.2 Å². The molecule has 2 aromatic rings. The number of hydrogen-bond acceptors (Lipinski definition) is 10. The average molecular weight is 602 g/mol. The molecule has 13 nitrogen and oxygen atoms in total. The maximum absolute atomic E-state index is 13.2. The van der Waals surface area contributed by atoms with E-state index in [1.807, 2.05) is 6.07 Å². The second kappa shape index (κ2) is 18.1. The van der Waals surface area contributed by atoms with Crippen LogP contribution >= 0.6 is 11.8 Å². The van der Waals surface area contributed by atoms with Gasteiger partial charge in [-0.15, -0.1) is 0 Å². The van der Waals surface area contributed by atoms with Crippen LogP contribution in [-0.4, -0.2) is 79.0 Å². The number of carbonyl (C=O) groups is 6. The van der Waals surface area contributed by atoms with Crippen LogP contribution in [0.4, 0.5) is 4.79 Å². The van der Waals surface area contributed by atoms with Gasteiger partial charge < -0.3 is 36.5 Å². The molecule has 0 radical (unpaired) electrons. The van der Waals surface area contributed by atoms with Gasteiger partial charge in [0.2, 0.25) is 22.8 Å². The van der Waals surface area contributed by atoms with E-state index in [0.717, 1.165) is 18.2 Å². The van der Waals surface area contributed by atoms with E-state index in [4.69, 9.17) is 10.5 Å². The number of ether oxygens (including phenoxy) is 2. The van der Waals surface area contributed by atoms with E-state index in [9.17, 15) is 28.8 Å². The lowest BCUT2D eigenvalue weighted by molar-refractivity contribution is -0.141. The Morgan fingerprint density at radius 1 is 0.833 bits per heavy atom. The van der Waals surface area contributed by atoms with Crippen molar-refractivity contribution in [1.82, 2.24) is 21.3 Å². The van der Waals surface area contributed by atoms with Crippen molar-refractivity contribution in [2.45, 2.75) is 38.1 Å². The van der Waals surface area contributed by atoms with Gasteiger partial charge in [-0.25, -0.2) is 4.79 Å². The predicted molar refractivity (Wildman–Crippen MR) is 155 cm³/mol. The number of benzene rings is 2. The van der Waals surface area contributed by atoms with Crippen LogP contribution in [0.3, 0.4) is 0 Å². The van der Waals surface area contributed by atoms with E-state index in [1.165, 1.54) is 6.92 Å². The summed E-state index contributed by atoms with van der Waals surface area (Å²) in [5.41, 5.74) is 6.92. The molecular weight excluding hydrogens is 566 g/mol. The molecule has 0 aliphatic heterocycles. The molecule has 4 amide bonds. The third kappa shape index (κ3) is 12.4. The first-order chi connectivity index (χ1) is 20.1. The minimum atomic E-state index is -1.29. The number of methoxy groups -OCH3 is 1. The lowest BCUT2D eigenvalue weighted by Crippen LogP contribution is -2.56. The van der Waals surface area contributed by atoms with Gasteiger partial charge in [0.25, 0.3) is 0 Å². The van der Waals surface area contributed by atoms with E-state index in [1.54, 1.807) is 54.6 Å². The number of rotatable bonds is 15. The lowest BCUT2D eigenvalue weighted by Gasteiger charge is -2.23. The second-order valence-electron chi connectivity index (χ2n) is 8.93. The Labute approximate surface area is 247 Å². The number of nitrogens with one attached hydrogen (secondary N) is 4. The molecule has 0 aromatic heterocycles. The molecule has 14 heteroatoms. The first-order valence-electron chi connectivity index (χ1n) is 12.9. The van der Waals surface area contributed by atoms with Crippen molar-refractivity contribution in [2.24, 2.45) is 5.73 Å². The maximum atomic E-state index is 13.2. The standard InChI is InChI=1S/C28H35N5O8S/c1-18(31-28(39)41-16-20-11-7-4-8-12-20)27(38)42-17-22(25(36)30-15-24(35)40-2)33-26(37)21(32-23(34)14-29)13-19-9-5-3-6-10-19/h3-12,18,21-22H,13-17,29H2,1-2H3,(H,30,36)(H,31,39)(H,32,34)(H,33,37)/t18-,21-,22-/m0/s1. The van der Waals surface area contributed by atoms with Crippen LogP contribution in [-0.2, 0) is 46.5 Å². The summed E-state index contributed by atoms with van der Waals surface area (Å²) in [6.07, 6.45) is -0.701. The van der Waals surface area contributed by atoms with Gasteiger partial charge >= 0.3 is 12.1 Å². The Morgan fingerprint density at radius 2 is 1.45 bits per heavy atom. The number of thioether (sulfide) groups is 1. The number of alkyl carbamates (subject to hydrolysis) is 1. The van der Waals surface area contributed by atoms with Crippen LogP contribution in [0.5, 0.6) is 0 Å². The molecule has 0 fully saturated rings. The SMILES string of the molecule is COC(=O)CNC(=O)[C@H](CSC(=O)[C@H](C)NC(=O)OCc1ccccc1)NC(=O)[C@H](Cc1ccccc1)NC(=O)CN. The van der Waals surface area contributed by atoms with Crippen LogP contribution in [0, 0.1) is 0 Å². The van der Waals surface area contributed by atoms with Gasteiger partial charge in [0.15, 0.2) is 0 Å². The highest BCUT2D eigenvalue weighted by Gasteiger charge is 2.29. The molecule has 0 saturated carbocycles. The molecule has 0 bridgehead atoms. The number of esters is 1. The summed E-state index contributed by atoms with van der Waals surface area (Å²) in [5.74, 6) is -3.02. The number of amides is 4. The fourth-order valence-corrected chi connectivity index (χ4v) is 4.29. The second-order valence-corrected chi connectivity index (χ2v) is 9.95. The van der Waals surface area contributed by atoms with E-state index < -0.39 is 59.6 Å². The van der Waals surface area contributed by atoms with Gasteiger partial charge in [0, 0.05) is 12.2 Å². The van der Waals surface area contributed by atoms with Gasteiger partial charge in [0.1, 0.15) is 25.2 Å². The highest BCUT2D eigenvalue weighted by molar-refractivity contribution is 8.13. The van der Waals surface area contributed by atoms with Crippen LogP contribution in [0.1, 0.15) is 18.1 Å². The van der Waals surface area contributed by atoms with Gasteiger partial charge in [-0.2, -0.15) is 0 Å². The van der Waals surface area contributed by atoms with Crippen molar-refractivity contribution >= 4 is 46.7 Å². The summed E-state index contributed by atoms with van der Waals surface area (Å²) in [6.45, 7) is 0.635. The minimum absolute atomic E-state index is 0.0139. The zero-order valence-electron chi connectivity index (χ0n) is 23.3. The molecule has 0 aliphatic rings. The van der Waals surface area contributed by atoms with E-state index in [2.05, 4.69) is 26.0 Å². The molecule has 0 heterocycles. The molecular formula is C28H35N5O8S. The highest BCUT2D eigenvalue weighted by Crippen LogP contribution is 2.11. The number of hydrogen-bond donors (Lipinski definition) is 5.